The maximum atomic E-state index is 5.43. The Bertz CT molecular complexity index is 396. The molecule has 0 fully saturated rings. The van der Waals surface area contributed by atoms with Crippen LogP contribution in [0.15, 0.2) is 24.3 Å². The molecule has 86 valence electrons. The lowest BCUT2D eigenvalue weighted by atomic mass is 9.99. The minimum atomic E-state index is 0.985. The molecule has 2 heteroatoms. The SMILES string of the molecule is COc1ccc(C)cc1C1=CCCNCC1. The molecule has 2 nitrogen and oxygen atoms in total. The summed E-state index contributed by atoms with van der Waals surface area (Å²) in [5, 5.41) is 3.41. The number of hydrogen-bond acceptors (Lipinski definition) is 2. The third kappa shape index (κ3) is 2.45. The lowest BCUT2D eigenvalue weighted by Crippen LogP contribution is -2.13. The van der Waals surface area contributed by atoms with Crippen molar-refractivity contribution in [2.45, 2.75) is 19.8 Å². The second-order valence-electron chi connectivity index (χ2n) is 4.22. The van der Waals surface area contributed by atoms with E-state index >= 15 is 0 Å². The normalized spacial score (nSPS) is 16.5. The molecule has 0 bridgehead atoms. The van der Waals surface area contributed by atoms with Crippen molar-refractivity contribution in [3.8, 4) is 5.75 Å². The van der Waals surface area contributed by atoms with E-state index in [1.54, 1.807) is 7.11 Å². The molecule has 0 aliphatic carbocycles. The molecule has 0 saturated carbocycles. The summed E-state index contributed by atoms with van der Waals surface area (Å²) in [5.41, 5.74) is 3.95. The molecule has 1 aromatic rings. The van der Waals surface area contributed by atoms with Gasteiger partial charge in [-0.1, -0.05) is 17.7 Å². The maximum Gasteiger partial charge on any atom is 0.126 e. The third-order valence-electron chi connectivity index (χ3n) is 2.98. The van der Waals surface area contributed by atoms with Crippen LogP contribution in [-0.2, 0) is 0 Å². The van der Waals surface area contributed by atoms with E-state index in [9.17, 15) is 0 Å². The Kier molecular flexibility index (Phi) is 3.62. The number of benzene rings is 1. The molecular weight excluding hydrogens is 198 g/mol. The highest BCUT2D eigenvalue weighted by Gasteiger charge is 2.10. The first-order chi connectivity index (χ1) is 7.81. The van der Waals surface area contributed by atoms with Crippen LogP contribution < -0.4 is 10.1 Å². The molecule has 1 N–H and O–H groups in total. The third-order valence-corrected chi connectivity index (χ3v) is 2.98. The summed E-state index contributed by atoms with van der Waals surface area (Å²) >= 11 is 0. The summed E-state index contributed by atoms with van der Waals surface area (Å²) in [6.45, 7) is 4.26. The van der Waals surface area contributed by atoms with Gasteiger partial charge in [-0.25, -0.2) is 0 Å². The molecule has 1 aromatic carbocycles. The Morgan fingerprint density at radius 3 is 2.94 bits per heavy atom. The first-order valence-electron chi connectivity index (χ1n) is 5.86. The van der Waals surface area contributed by atoms with E-state index in [0.717, 1.165) is 31.7 Å². The number of rotatable bonds is 2. The van der Waals surface area contributed by atoms with Gasteiger partial charge in [0.1, 0.15) is 5.75 Å². The number of hydrogen-bond donors (Lipinski definition) is 1. The first kappa shape index (κ1) is 11.2. The monoisotopic (exact) mass is 217 g/mol. The summed E-state index contributed by atoms with van der Waals surface area (Å²) in [5.74, 6) is 0.985. The summed E-state index contributed by atoms with van der Waals surface area (Å²) < 4.78 is 5.43. The second-order valence-corrected chi connectivity index (χ2v) is 4.22. The number of aryl methyl sites for hydroxylation is 1. The zero-order chi connectivity index (χ0) is 11.4. The highest BCUT2D eigenvalue weighted by atomic mass is 16.5. The summed E-state index contributed by atoms with van der Waals surface area (Å²) in [6, 6.07) is 6.37. The average Bonchev–Trinajstić information content (AvgIpc) is 2.57. The Hall–Kier alpha value is -1.28. The Balaban J connectivity index is 2.36. The van der Waals surface area contributed by atoms with Crippen molar-refractivity contribution in [2.75, 3.05) is 20.2 Å². The van der Waals surface area contributed by atoms with Crippen LogP contribution in [0.2, 0.25) is 0 Å². The molecule has 0 radical (unpaired) electrons. The molecule has 2 rings (SSSR count). The van der Waals surface area contributed by atoms with Crippen molar-refractivity contribution in [1.82, 2.24) is 5.32 Å². The molecule has 1 aliphatic heterocycles. The fourth-order valence-electron chi connectivity index (χ4n) is 2.12. The second kappa shape index (κ2) is 5.17. The fraction of sp³-hybridized carbons (Fsp3) is 0.429. The van der Waals surface area contributed by atoms with Gasteiger partial charge < -0.3 is 10.1 Å². The Morgan fingerprint density at radius 2 is 2.12 bits per heavy atom. The minimum absolute atomic E-state index is 0.985. The highest BCUT2D eigenvalue weighted by Crippen LogP contribution is 2.29. The van der Waals surface area contributed by atoms with Crippen LogP contribution in [0.3, 0.4) is 0 Å². The summed E-state index contributed by atoms with van der Waals surface area (Å²) in [6.07, 6.45) is 4.52. The van der Waals surface area contributed by atoms with Crippen LogP contribution in [0.1, 0.15) is 24.0 Å². The molecule has 0 atom stereocenters. The van der Waals surface area contributed by atoms with Gasteiger partial charge in [-0.05, 0) is 50.6 Å². The van der Waals surface area contributed by atoms with Gasteiger partial charge in [0.15, 0.2) is 0 Å². The van der Waals surface area contributed by atoms with Crippen LogP contribution in [0, 0.1) is 6.92 Å². The molecule has 1 heterocycles. The smallest absolute Gasteiger partial charge is 0.126 e. The van der Waals surface area contributed by atoms with Gasteiger partial charge >= 0.3 is 0 Å². The molecule has 0 spiro atoms. The lowest BCUT2D eigenvalue weighted by Gasteiger charge is -2.12. The van der Waals surface area contributed by atoms with E-state index in [-0.39, 0.29) is 0 Å². The van der Waals surface area contributed by atoms with Crippen molar-refractivity contribution in [2.24, 2.45) is 0 Å². The zero-order valence-corrected chi connectivity index (χ0v) is 10.0. The van der Waals surface area contributed by atoms with Crippen molar-refractivity contribution in [3.63, 3.8) is 0 Å². The Labute approximate surface area is 97.3 Å². The van der Waals surface area contributed by atoms with Crippen LogP contribution in [0.4, 0.5) is 0 Å². The molecule has 0 amide bonds. The van der Waals surface area contributed by atoms with Gasteiger partial charge in [-0.3, -0.25) is 0 Å². The summed E-state index contributed by atoms with van der Waals surface area (Å²) in [4.78, 5) is 0. The fourth-order valence-corrected chi connectivity index (χ4v) is 2.12. The van der Waals surface area contributed by atoms with Gasteiger partial charge in [0.2, 0.25) is 0 Å². The van der Waals surface area contributed by atoms with Crippen LogP contribution in [0.25, 0.3) is 5.57 Å². The van der Waals surface area contributed by atoms with Crippen LogP contribution >= 0.6 is 0 Å². The quantitative estimate of drug-likeness (QED) is 0.822. The van der Waals surface area contributed by atoms with Crippen molar-refractivity contribution < 1.29 is 4.74 Å². The average molecular weight is 217 g/mol. The maximum absolute atomic E-state index is 5.43. The van der Waals surface area contributed by atoms with E-state index in [1.807, 2.05) is 0 Å². The number of methoxy groups -OCH3 is 1. The Morgan fingerprint density at radius 1 is 1.25 bits per heavy atom. The molecule has 0 aromatic heterocycles. The summed E-state index contributed by atoms with van der Waals surface area (Å²) in [7, 11) is 1.74. The molecule has 0 saturated heterocycles. The standard InChI is InChI=1S/C14H19NO/c1-11-5-6-14(16-2)13(10-11)12-4-3-8-15-9-7-12/h4-6,10,15H,3,7-9H2,1-2H3. The zero-order valence-electron chi connectivity index (χ0n) is 10.0. The van der Waals surface area contributed by atoms with Crippen molar-refractivity contribution in [1.29, 1.82) is 0 Å². The van der Waals surface area contributed by atoms with Gasteiger partial charge in [-0.2, -0.15) is 0 Å². The predicted octanol–water partition coefficient (Wildman–Crippen LogP) is 2.77. The molecule has 1 aliphatic rings. The van der Waals surface area contributed by atoms with E-state index in [0.29, 0.717) is 0 Å². The molecule has 0 unspecified atom stereocenters. The van der Waals surface area contributed by atoms with Gasteiger partial charge in [0, 0.05) is 5.56 Å². The minimum Gasteiger partial charge on any atom is -0.496 e. The van der Waals surface area contributed by atoms with Crippen LogP contribution in [-0.4, -0.2) is 20.2 Å². The highest BCUT2D eigenvalue weighted by molar-refractivity contribution is 5.71. The molecular formula is C14H19NO. The van der Waals surface area contributed by atoms with Gasteiger partial charge in [0.05, 0.1) is 7.11 Å². The van der Waals surface area contributed by atoms with E-state index in [2.05, 4.69) is 36.5 Å². The predicted molar refractivity (Wildman–Crippen MR) is 67.8 cm³/mol. The van der Waals surface area contributed by atoms with Crippen LogP contribution in [0.5, 0.6) is 5.75 Å². The van der Waals surface area contributed by atoms with Crippen molar-refractivity contribution >= 4 is 5.57 Å². The van der Waals surface area contributed by atoms with E-state index in [4.69, 9.17) is 4.74 Å². The number of ether oxygens (including phenoxy) is 1. The van der Waals surface area contributed by atoms with Gasteiger partial charge in [0.25, 0.3) is 0 Å². The van der Waals surface area contributed by atoms with Crippen molar-refractivity contribution in [3.05, 3.63) is 35.4 Å². The first-order valence-corrected chi connectivity index (χ1v) is 5.86. The molecule has 16 heavy (non-hydrogen) atoms. The van der Waals surface area contributed by atoms with Gasteiger partial charge in [-0.15, -0.1) is 0 Å². The largest absolute Gasteiger partial charge is 0.496 e. The lowest BCUT2D eigenvalue weighted by molar-refractivity contribution is 0.413. The van der Waals surface area contributed by atoms with E-state index < -0.39 is 0 Å². The topological polar surface area (TPSA) is 21.3 Å². The number of nitrogens with one attached hydrogen (secondary N) is 1. The van der Waals surface area contributed by atoms with E-state index in [1.165, 1.54) is 16.7 Å².